The van der Waals surface area contributed by atoms with Gasteiger partial charge in [-0.05, 0) is 57.8 Å². The molecular formula is C10H11ClIN5. The SMILES string of the molecule is CCNCc1nnnn1-c1cc(I)ccc1Cl. The Morgan fingerprint density at radius 1 is 1.47 bits per heavy atom. The van der Waals surface area contributed by atoms with Gasteiger partial charge in [0.15, 0.2) is 5.82 Å². The summed E-state index contributed by atoms with van der Waals surface area (Å²) in [6, 6.07) is 5.74. The first-order chi connectivity index (χ1) is 8.22. The quantitative estimate of drug-likeness (QED) is 0.845. The lowest BCUT2D eigenvalue weighted by molar-refractivity contribution is 0.664. The minimum absolute atomic E-state index is 0.616. The molecule has 0 saturated carbocycles. The third-order valence-corrected chi connectivity index (χ3v) is 3.19. The van der Waals surface area contributed by atoms with Gasteiger partial charge in [0, 0.05) is 3.57 Å². The molecule has 2 aromatic rings. The van der Waals surface area contributed by atoms with Gasteiger partial charge in [0.05, 0.1) is 17.3 Å². The zero-order valence-corrected chi connectivity index (χ0v) is 12.1. The fraction of sp³-hybridized carbons (Fsp3) is 0.300. The zero-order chi connectivity index (χ0) is 12.3. The van der Waals surface area contributed by atoms with Crippen molar-refractivity contribution in [2.24, 2.45) is 0 Å². The van der Waals surface area contributed by atoms with Crippen LogP contribution in [0.25, 0.3) is 5.69 Å². The maximum Gasteiger partial charge on any atom is 0.170 e. The molecule has 0 bridgehead atoms. The van der Waals surface area contributed by atoms with E-state index in [1.807, 2.05) is 25.1 Å². The molecule has 1 heterocycles. The molecule has 0 unspecified atom stereocenters. The summed E-state index contributed by atoms with van der Waals surface area (Å²) in [6.07, 6.45) is 0. The Morgan fingerprint density at radius 2 is 2.29 bits per heavy atom. The molecule has 0 radical (unpaired) electrons. The zero-order valence-electron chi connectivity index (χ0n) is 9.19. The average molecular weight is 364 g/mol. The van der Waals surface area contributed by atoms with E-state index in [0.29, 0.717) is 11.6 Å². The molecule has 0 aliphatic carbocycles. The molecule has 0 saturated heterocycles. The largest absolute Gasteiger partial charge is 0.310 e. The van der Waals surface area contributed by atoms with Crippen LogP contribution in [0.15, 0.2) is 18.2 Å². The fourth-order valence-electron chi connectivity index (χ4n) is 1.39. The molecule has 0 atom stereocenters. The van der Waals surface area contributed by atoms with Crippen LogP contribution in [0.4, 0.5) is 0 Å². The third-order valence-electron chi connectivity index (χ3n) is 2.20. The first kappa shape index (κ1) is 12.7. The van der Waals surface area contributed by atoms with Gasteiger partial charge in [0.25, 0.3) is 0 Å². The monoisotopic (exact) mass is 363 g/mol. The minimum atomic E-state index is 0.616. The van der Waals surface area contributed by atoms with E-state index in [-0.39, 0.29) is 0 Å². The van der Waals surface area contributed by atoms with Gasteiger partial charge in [-0.1, -0.05) is 18.5 Å². The molecular weight excluding hydrogens is 353 g/mol. The number of hydrogen-bond acceptors (Lipinski definition) is 4. The van der Waals surface area contributed by atoms with Crippen LogP contribution in [0, 0.1) is 3.57 Å². The fourth-order valence-corrected chi connectivity index (χ4v) is 2.06. The Morgan fingerprint density at radius 3 is 3.06 bits per heavy atom. The van der Waals surface area contributed by atoms with Crippen molar-refractivity contribution in [3.63, 3.8) is 0 Å². The van der Waals surface area contributed by atoms with Crippen molar-refractivity contribution < 1.29 is 0 Å². The molecule has 17 heavy (non-hydrogen) atoms. The van der Waals surface area contributed by atoms with Crippen LogP contribution in [0.2, 0.25) is 5.02 Å². The number of hydrogen-bond donors (Lipinski definition) is 1. The molecule has 5 nitrogen and oxygen atoms in total. The highest BCUT2D eigenvalue weighted by atomic mass is 127. The van der Waals surface area contributed by atoms with E-state index >= 15 is 0 Å². The number of benzene rings is 1. The average Bonchev–Trinajstić information content (AvgIpc) is 2.77. The van der Waals surface area contributed by atoms with Crippen molar-refractivity contribution >= 4 is 34.2 Å². The van der Waals surface area contributed by atoms with E-state index in [1.165, 1.54) is 0 Å². The molecule has 2 rings (SSSR count). The van der Waals surface area contributed by atoms with Crippen molar-refractivity contribution in [1.29, 1.82) is 0 Å². The summed E-state index contributed by atoms with van der Waals surface area (Å²) in [5.41, 5.74) is 0.802. The highest BCUT2D eigenvalue weighted by Crippen LogP contribution is 2.22. The smallest absolute Gasteiger partial charge is 0.170 e. The summed E-state index contributed by atoms with van der Waals surface area (Å²) in [4.78, 5) is 0. The van der Waals surface area contributed by atoms with E-state index in [9.17, 15) is 0 Å². The van der Waals surface area contributed by atoms with E-state index < -0.39 is 0 Å². The maximum absolute atomic E-state index is 6.15. The van der Waals surface area contributed by atoms with Crippen LogP contribution < -0.4 is 5.32 Å². The molecule has 1 N–H and O–H groups in total. The lowest BCUT2D eigenvalue weighted by Gasteiger charge is -2.07. The lowest BCUT2D eigenvalue weighted by atomic mass is 10.3. The van der Waals surface area contributed by atoms with Gasteiger partial charge in [-0.2, -0.15) is 4.68 Å². The number of rotatable bonds is 4. The van der Waals surface area contributed by atoms with Crippen LogP contribution in [0.3, 0.4) is 0 Å². The predicted octanol–water partition coefficient (Wildman–Crippen LogP) is 2.03. The van der Waals surface area contributed by atoms with Crippen molar-refractivity contribution in [2.75, 3.05) is 6.54 Å². The Bertz CT molecular complexity index is 513. The number of aromatic nitrogens is 4. The molecule has 7 heteroatoms. The normalized spacial score (nSPS) is 10.8. The first-order valence-corrected chi connectivity index (χ1v) is 6.61. The van der Waals surface area contributed by atoms with Crippen LogP contribution in [-0.4, -0.2) is 26.8 Å². The van der Waals surface area contributed by atoms with Crippen molar-refractivity contribution in [3.05, 3.63) is 32.6 Å². The van der Waals surface area contributed by atoms with E-state index in [4.69, 9.17) is 11.6 Å². The standard InChI is InChI=1S/C10H11ClIN5/c1-2-13-6-10-14-15-16-17(10)9-5-7(12)3-4-8(9)11/h3-5,13H,2,6H2,1H3. The van der Waals surface area contributed by atoms with E-state index in [1.54, 1.807) is 4.68 Å². The molecule has 0 spiro atoms. The van der Waals surface area contributed by atoms with Crippen molar-refractivity contribution in [2.45, 2.75) is 13.5 Å². The van der Waals surface area contributed by atoms with Gasteiger partial charge in [-0.25, -0.2) is 0 Å². The summed E-state index contributed by atoms with van der Waals surface area (Å²) in [5, 5.41) is 15.5. The van der Waals surface area contributed by atoms with Crippen molar-refractivity contribution in [1.82, 2.24) is 25.5 Å². The van der Waals surface area contributed by atoms with Gasteiger partial charge in [-0.3, -0.25) is 0 Å². The summed E-state index contributed by atoms with van der Waals surface area (Å²) < 4.78 is 2.75. The first-order valence-electron chi connectivity index (χ1n) is 5.15. The van der Waals surface area contributed by atoms with Crippen LogP contribution in [0.5, 0.6) is 0 Å². The maximum atomic E-state index is 6.15. The number of nitrogens with one attached hydrogen (secondary N) is 1. The summed E-state index contributed by atoms with van der Waals surface area (Å²) in [5.74, 6) is 0.746. The summed E-state index contributed by atoms with van der Waals surface area (Å²) >= 11 is 8.38. The second-order valence-corrected chi connectivity index (χ2v) is 5.04. The molecule has 0 amide bonds. The number of nitrogens with zero attached hydrogens (tertiary/aromatic N) is 4. The Kier molecular flexibility index (Phi) is 4.30. The Labute approximate surface area is 118 Å². The van der Waals surface area contributed by atoms with Crippen LogP contribution in [0.1, 0.15) is 12.7 Å². The summed E-state index contributed by atoms with van der Waals surface area (Å²) in [6.45, 7) is 3.52. The molecule has 0 aliphatic heterocycles. The van der Waals surface area contributed by atoms with Gasteiger partial charge >= 0.3 is 0 Å². The Balaban J connectivity index is 2.38. The van der Waals surface area contributed by atoms with Gasteiger partial charge in [0.2, 0.25) is 0 Å². The molecule has 0 aliphatic rings. The van der Waals surface area contributed by atoms with Gasteiger partial charge < -0.3 is 5.32 Å². The predicted molar refractivity (Wildman–Crippen MR) is 74.3 cm³/mol. The van der Waals surface area contributed by atoms with Gasteiger partial charge in [0.1, 0.15) is 0 Å². The summed E-state index contributed by atoms with van der Waals surface area (Å²) in [7, 11) is 0. The minimum Gasteiger partial charge on any atom is -0.310 e. The molecule has 1 aromatic carbocycles. The highest BCUT2D eigenvalue weighted by molar-refractivity contribution is 14.1. The van der Waals surface area contributed by atoms with E-state index in [0.717, 1.165) is 21.6 Å². The van der Waals surface area contributed by atoms with Gasteiger partial charge in [-0.15, -0.1) is 5.10 Å². The van der Waals surface area contributed by atoms with Crippen LogP contribution >= 0.6 is 34.2 Å². The second-order valence-electron chi connectivity index (χ2n) is 3.38. The lowest BCUT2D eigenvalue weighted by Crippen LogP contribution is -2.16. The Hall–Kier alpha value is -0.730. The highest BCUT2D eigenvalue weighted by Gasteiger charge is 2.11. The third kappa shape index (κ3) is 2.93. The topological polar surface area (TPSA) is 55.6 Å². The van der Waals surface area contributed by atoms with Crippen LogP contribution in [-0.2, 0) is 6.54 Å². The van der Waals surface area contributed by atoms with Crippen molar-refractivity contribution in [3.8, 4) is 5.69 Å². The molecule has 0 fully saturated rings. The number of tetrazole rings is 1. The molecule has 1 aromatic heterocycles. The molecule has 90 valence electrons. The number of halogens is 2. The second kappa shape index (κ2) is 5.74. The van der Waals surface area contributed by atoms with E-state index in [2.05, 4.69) is 43.4 Å².